The maximum atomic E-state index is 12.2. The summed E-state index contributed by atoms with van der Waals surface area (Å²) in [6, 6.07) is 7.20. The average Bonchev–Trinajstić information content (AvgIpc) is 2.91. The van der Waals surface area contributed by atoms with Gasteiger partial charge < -0.3 is 10.1 Å². The first-order valence-electron chi connectivity index (χ1n) is 7.51. The number of anilines is 1. The van der Waals surface area contributed by atoms with Crippen LogP contribution in [0.5, 0.6) is 5.75 Å². The molecule has 0 saturated heterocycles. The van der Waals surface area contributed by atoms with Gasteiger partial charge in [0.15, 0.2) is 12.4 Å². The predicted octanol–water partition coefficient (Wildman–Crippen LogP) is 4.82. The van der Waals surface area contributed by atoms with E-state index in [0.29, 0.717) is 20.6 Å². The molecule has 4 nitrogen and oxygen atoms in total. The maximum Gasteiger partial charge on any atom is 0.262 e. The van der Waals surface area contributed by atoms with E-state index >= 15 is 0 Å². The first-order valence-corrected chi connectivity index (χ1v) is 9.08. The zero-order chi connectivity index (χ0) is 17.1. The van der Waals surface area contributed by atoms with Crippen molar-refractivity contribution < 1.29 is 9.53 Å². The third-order valence-corrected chi connectivity index (χ3v) is 5.61. The Morgan fingerprint density at radius 1 is 1.29 bits per heavy atom. The van der Waals surface area contributed by atoms with E-state index in [2.05, 4.69) is 11.4 Å². The van der Waals surface area contributed by atoms with Crippen molar-refractivity contribution in [3.05, 3.63) is 44.2 Å². The van der Waals surface area contributed by atoms with Crippen LogP contribution >= 0.6 is 34.5 Å². The van der Waals surface area contributed by atoms with Gasteiger partial charge in [0.2, 0.25) is 0 Å². The third kappa shape index (κ3) is 3.51. The standard InChI is InChI=1S/C17H14Cl2N2O2S/c18-12-5-3-6-13(19)16(12)23-9-15(22)21-17-11(8-20)10-4-1-2-7-14(10)24-17/h3,5-6H,1-2,4,7,9H2,(H,21,22). The lowest BCUT2D eigenvalue weighted by Crippen LogP contribution is -2.20. The van der Waals surface area contributed by atoms with Crippen molar-refractivity contribution in [2.45, 2.75) is 25.7 Å². The molecule has 1 aliphatic rings. The van der Waals surface area contributed by atoms with Crippen LogP contribution in [0, 0.1) is 11.3 Å². The highest BCUT2D eigenvalue weighted by atomic mass is 35.5. The van der Waals surface area contributed by atoms with Gasteiger partial charge in [-0.1, -0.05) is 29.3 Å². The number of nitrogens with zero attached hydrogens (tertiary/aromatic N) is 1. The molecule has 0 radical (unpaired) electrons. The van der Waals surface area contributed by atoms with Gasteiger partial charge >= 0.3 is 0 Å². The fourth-order valence-electron chi connectivity index (χ4n) is 2.69. The van der Waals surface area contributed by atoms with Gasteiger partial charge in [0, 0.05) is 4.88 Å². The largest absolute Gasteiger partial charge is 0.481 e. The molecule has 2 aromatic rings. The Morgan fingerprint density at radius 2 is 2.00 bits per heavy atom. The number of halogens is 2. The number of amides is 1. The monoisotopic (exact) mass is 380 g/mol. The number of nitrogens with one attached hydrogen (secondary N) is 1. The minimum atomic E-state index is -0.346. The van der Waals surface area contributed by atoms with Crippen LogP contribution in [0.25, 0.3) is 0 Å². The Morgan fingerprint density at radius 3 is 2.71 bits per heavy atom. The summed E-state index contributed by atoms with van der Waals surface area (Å²) in [6.45, 7) is -0.225. The van der Waals surface area contributed by atoms with Gasteiger partial charge in [-0.05, 0) is 43.4 Å². The van der Waals surface area contributed by atoms with Gasteiger partial charge in [-0.25, -0.2) is 0 Å². The van der Waals surface area contributed by atoms with E-state index in [4.69, 9.17) is 27.9 Å². The molecular formula is C17H14Cl2N2O2S. The number of benzene rings is 1. The number of aryl methyl sites for hydroxylation is 1. The van der Waals surface area contributed by atoms with Crippen molar-refractivity contribution in [1.82, 2.24) is 0 Å². The van der Waals surface area contributed by atoms with Gasteiger partial charge in [0.05, 0.1) is 15.6 Å². The first-order chi connectivity index (χ1) is 11.6. The van der Waals surface area contributed by atoms with E-state index in [-0.39, 0.29) is 18.3 Å². The Hall–Kier alpha value is -1.74. The molecule has 1 N–H and O–H groups in total. The number of para-hydroxylation sites is 1. The molecule has 1 amide bonds. The van der Waals surface area contributed by atoms with Crippen molar-refractivity contribution >= 4 is 45.4 Å². The lowest BCUT2D eigenvalue weighted by Gasteiger charge is -2.10. The number of ether oxygens (including phenoxy) is 1. The minimum absolute atomic E-state index is 0.225. The molecule has 1 heterocycles. The molecule has 0 unspecified atom stereocenters. The van der Waals surface area contributed by atoms with Crippen LogP contribution in [0.4, 0.5) is 5.00 Å². The van der Waals surface area contributed by atoms with Crippen LogP contribution in [-0.2, 0) is 17.6 Å². The van der Waals surface area contributed by atoms with Crippen molar-refractivity contribution in [3.63, 3.8) is 0 Å². The summed E-state index contributed by atoms with van der Waals surface area (Å²) in [7, 11) is 0. The highest BCUT2D eigenvalue weighted by Gasteiger charge is 2.22. The van der Waals surface area contributed by atoms with E-state index in [1.54, 1.807) is 18.2 Å². The van der Waals surface area contributed by atoms with E-state index in [9.17, 15) is 10.1 Å². The van der Waals surface area contributed by atoms with Crippen molar-refractivity contribution in [2.24, 2.45) is 0 Å². The SMILES string of the molecule is N#Cc1c(NC(=O)COc2c(Cl)cccc2Cl)sc2c1CCCC2. The summed E-state index contributed by atoms with van der Waals surface area (Å²) >= 11 is 13.5. The smallest absolute Gasteiger partial charge is 0.262 e. The summed E-state index contributed by atoms with van der Waals surface area (Å²) < 4.78 is 5.42. The van der Waals surface area contributed by atoms with Crippen LogP contribution < -0.4 is 10.1 Å². The average molecular weight is 381 g/mol. The maximum absolute atomic E-state index is 12.2. The molecule has 24 heavy (non-hydrogen) atoms. The first kappa shape index (κ1) is 17.1. The molecule has 1 aromatic carbocycles. The number of thiophene rings is 1. The van der Waals surface area contributed by atoms with Crippen molar-refractivity contribution in [2.75, 3.05) is 11.9 Å². The highest BCUT2D eigenvalue weighted by Crippen LogP contribution is 2.37. The zero-order valence-corrected chi connectivity index (χ0v) is 15.0. The van der Waals surface area contributed by atoms with Crippen LogP contribution in [0.2, 0.25) is 10.0 Å². The topological polar surface area (TPSA) is 62.1 Å². The highest BCUT2D eigenvalue weighted by molar-refractivity contribution is 7.16. The summed E-state index contributed by atoms with van der Waals surface area (Å²) in [5.74, 6) is -0.0666. The number of hydrogen-bond donors (Lipinski definition) is 1. The van der Waals surface area contributed by atoms with Crippen LogP contribution in [0.3, 0.4) is 0 Å². The van der Waals surface area contributed by atoms with Gasteiger partial charge in [-0.3, -0.25) is 4.79 Å². The fraction of sp³-hybridized carbons (Fsp3) is 0.294. The summed E-state index contributed by atoms with van der Waals surface area (Å²) in [4.78, 5) is 13.4. The quantitative estimate of drug-likeness (QED) is 0.826. The molecule has 1 aromatic heterocycles. The second-order valence-electron chi connectivity index (χ2n) is 5.41. The minimum Gasteiger partial charge on any atom is -0.481 e. The summed E-state index contributed by atoms with van der Waals surface area (Å²) in [5, 5.41) is 13.5. The molecule has 1 aliphatic carbocycles. The Kier molecular flexibility index (Phi) is 5.30. The fourth-order valence-corrected chi connectivity index (χ4v) is 4.46. The Balaban J connectivity index is 1.70. The molecule has 7 heteroatoms. The second kappa shape index (κ2) is 7.43. The Labute approximate surface area is 154 Å². The lowest BCUT2D eigenvalue weighted by molar-refractivity contribution is -0.118. The van der Waals surface area contributed by atoms with Crippen LogP contribution in [-0.4, -0.2) is 12.5 Å². The predicted molar refractivity (Wildman–Crippen MR) is 96.3 cm³/mol. The number of carbonyl (C=O) groups is 1. The summed E-state index contributed by atoms with van der Waals surface area (Å²) in [6.07, 6.45) is 4.08. The van der Waals surface area contributed by atoms with Gasteiger partial charge in [0.1, 0.15) is 11.1 Å². The molecule has 0 bridgehead atoms. The molecule has 0 fully saturated rings. The van der Waals surface area contributed by atoms with Crippen molar-refractivity contribution in [3.8, 4) is 11.8 Å². The number of rotatable bonds is 4. The van der Waals surface area contributed by atoms with E-state index in [1.807, 2.05) is 0 Å². The Bertz CT molecular complexity index is 806. The molecular weight excluding hydrogens is 367 g/mol. The van der Waals surface area contributed by atoms with Crippen LogP contribution in [0.1, 0.15) is 28.8 Å². The van der Waals surface area contributed by atoms with Crippen LogP contribution in [0.15, 0.2) is 18.2 Å². The third-order valence-electron chi connectivity index (χ3n) is 3.80. The number of hydrogen-bond acceptors (Lipinski definition) is 4. The molecule has 0 saturated carbocycles. The van der Waals surface area contributed by atoms with E-state index < -0.39 is 0 Å². The normalized spacial score (nSPS) is 13.0. The van der Waals surface area contributed by atoms with E-state index in [0.717, 1.165) is 31.2 Å². The zero-order valence-electron chi connectivity index (χ0n) is 12.7. The van der Waals surface area contributed by atoms with Gasteiger partial charge in [-0.2, -0.15) is 5.26 Å². The van der Waals surface area contributed by atoms with E-state index in [1.165, 1.54) is 16.2 Å². The number of fused-ring (bicyclic) bond motifs is 1. The molecule has 124 valence electrons. The molecule has 3 rings (SSSR count). The number of nitriles is 1. The lowest BCUT2D eigenvalue weighted by atomic mass is 9.96. The molecule has 0 aliphatic heterocycles. The molecule has 0 atom stereocenters. The van der Waals surface area contributed by atoms with Gasteiger partial charge in [-0.15, -0.1) is 11.3 Å². The van der Waals surface area contributed by atoms with Crippen molar-refractivity contribution in [1.29, 1.82) is 5.26 Å². The molecule has 0 spiro atoms. The number of carbonyl (C=O) groups excluding carboxylic acids is 1. The van der Waals surface area contributed by atoms with Gasteiger partial charge in [0.25, 0.3) is 5.91 Å². The second-order valence-corrected chi connectivity index (χ2v) is 7.33. The summed E-state index contributed by atoms with van der Waals surface area (Å²) in [5.41, 5.74) is 1.66.